The molecule has 0 saturated heterocycles. The Morgan fingerprint density at radius 2 is 1.70 bits per heavy atom. The van der Waals surface area contributed by atoms with Crippen LogP contribution in [0.1, 0.15) is 11.1 Å². The number of likely N-dealkylation sites (N-methyl/N-ethyl adjacent to an activating group) is 1. The number of hydrogen-bond donors (Lipinski definition) is 0. The van der Waals surface area contributed by atoms with Gasteiger partial charge >= 0.3 is 0 Å². The molecule has 0 N–H and O–H groups in total. The Morgan fingerprint density at radius 3 is 2.35 bits per heavy atom. The van der Waals surface area contributed by atoms with E-state index in [0.717, 1.165) is 11.1 Å². The first-order valence-electron chi connectivity index (χ1n) is 6.28. The zero-order valence-electron chi connectivity index (χ0n) is 11.1. The number of nitrogens with zero attached hydrogens (tertiary/aromatic N) is 1. The largest absolute Gasteiger partial charge is 0.341 e. The molecule has 104 valence electrons. The predicted octanol–water partition coefficient (Wildman–Crippen LogP) is 4.19. The molecular weight excluding hydrogens is 293 g/mol. The molecule has 0 heterocycles. The molecule has 0 aliphatic carbocycles. The van der Waals surface area contributed by atoms with Crippen molar-refractivity contribution in [3.8, 4) is 0 Å². The Morgan fingerprint density at radius 1 is 1.05 bits per heavy atom. The number of amides is 1. The average molecular weight is 308 g/mol. The summed E-state index contributed by atoms with van der Waals surface area (Å²) in [4.78, 5) is 13.8. The third kappa shape index (κ3) is 3.99. The van der Waals surface area contributed by atoms with Crippen molar-refractivity contribution in [2.24, 2.45) is 0 Å². The van der Waals surface area contributed by atoms with Gasteiger partial charge in [0.25, 0.3) is 0 Å². The minimum atomic E-state index is 0.0484. The molecule has 0 radical (unpaired) electrons. The van der Waals surface area contributed by atoms with Crippen molar-refractivity contribution < 1.29 is 4.79 Å². The van der Waals surface area contributed by atoms with E-state index in [2.05, 4.69) is 0 Å². The second-order valence-corrected chi connectivity index (χ2v) is 5.49. The van der Waals surface area contributed by atoms with E-state index >= 15 is 0 Å². The van der Waals surface area contributed by atoms with Crippen molar-refractivity contribution in [1.82, 2.24) is 4.90 Å². The summed E-state index contributed by atoms with van der Waals surface area (Å²) in [7, 11) is 1.78. The van der Waals surface area contributed by atoms with Crippen LogP contribution in [0.25, 0.3) is 0 Å². The van der Waals surface area contributed by atoms with Gasteiger partial charge in [-0.05, 0) is 29.3 Å². The van der Waals surface area contributed by atoms with Gasteiger partial charge in [-0.15, -0.1) is 0 Å². The SMILES string of the molecule is CN(Cc1ccccc1Cl)C(=O)Cc1ccc(Cl)cc1. The quantitative estimate of drug-likeness (QED) is 0.829. The molecule has 0 unspecified atom stereocenters. The molecule has 0 aliphatic rings. The van der Waals surface area contributed by atoms with E-state index in [-0.39, 0.29) is 5.91 Å². The van der Waals surface area contributed by atoms with Crippen LogP contribution in [0.5, 0.6) is 0 Å². The second-order valence-electron chi connectivity index (χ2n) is 4.64. The third-order valence-electron chi connectivity index (χ3n) is 3.06. The first kappa shape index (κ1) is 14.9. The number of carbonyl (C=O) groups is 1. The summed E-state index contributed by atoms with van der Waals surface area (Å²) in [6.45, 7) is 0.506. The molecule has 0 fully saturated rings. The summed E-state index contributed by atoms with van der Waals surface area (Å²) in [5.41, 5.74) is 1.89. The number of benzene rings is 2. The number of halogens is 2. The minimum Gasteiger partial charge on any atom is -0.341 e. The van der Waals surface area contributed by atoms with E-state index in [0.29, 0.717) is 23.0 Å². The summed E-state index contributed by atoms with van der Waals surface area (Å²) in [6, 6.07) is 14.9. The molecule has 4 heteroatoms. The molecule has 2 aromatic carbocycles. The molecule has 0 spiro atoms. The van der Waals surface area contributed by atoms with Crippen LogP contribution in [-0.2, 0) is 17.8 Å². The Balaban J connectivity index is 1.99. The highest BCUT2D eigenvalue weighted by molar-refractivity contribution is 6.31. The highest BCUT2D eigenvalue weighted by Crippen LogP contribution is 2.17. The van der Waals surface area contributed by atoms with Crippen molar-refractivity contribution >= 4 is 29.1 Å². The van der Waals surface area contributed by atoms with E-state index in [1.807, 2.05) is 36.4 Å². The maximum absolute atomic E-state index is 12.2. The van der Waals surface area contributed by atoms with Crippen molar-refractivity contribution in [2.75, 3.05) is 7.05 Å². The standard InChI is InChI=1S/C16H15Cl2NO/c1-19(11-13-4-2-3-5-15(13)18)16(20)10-12-6-8-14(17)9-7-12/h2-9H,10-11H2,1H3. The Hall–Kier alpha value is -1.51. The molecule has 0 aliphatic heterocycles. The molecule has 2 nitrogen and oxygen atoms in total. The molecule has 2 aromatic rings. The van der Waals surface area contributed by atoms with Gasteiger partial charge in [0.1, 0.15) is 0 Å². The zero-order valence-corrected chi connectivity index (χ0v) is 12.7. The van der Waals surface area contributed by atoms with Crippen molar-refractivity contribution in [1.29, 1.82) is 0 Å². The molecule has 0 saturated carbocycles. The first-order chi connectivity index (χ1) is 9.56. The van der Waals surface area contributed by atoms with Crippen LogP contribution < -0.4 is 0 Å². The van der Waals surface area contributed by atoms with Gasteiger partial charge < -0.3 is 4.90 Å². The monoisotopic (exact) mass is 307 g/mol. The molecule has 0 bridgehead atoms. The highest BCUT2D eigenvalue weighted by atomic mass is 35.5. The van der Waals surface area contributed by atoms with Crippen LogP contribution in [0, 0.1) is 0 Å². The van der Waals surface area contributed by atoms with Crippen molar-refractivity contribution in [3.05, 3.63) is 69.7 Å². The molecule has 20 heavy (non-hydrogen) atoms. The maximum atomic E-state index is 12.2. The van der Waals surface area contributed by atoms with Crippen molar-refractivity contribution in [2.45, 2.75) is 13.0 Å². The van der Waals surface area contributed by atoms with Gasteiger partial charge in [-0.25, -0.2) is 0 Å². The highest BCUT2D eigenvalue weighted by Gasteiger charge is 2.11. The normalized spacial score (nSPS) is 10.3. The van der Waals surface area contributed by atoms with Crippen LogP contribution in [-0.4, -0.2) is 17.9 Å². The lowest BCUT2D eigenvalue weighted by Crippen LogP contribution is -2.27. The maximum Gasteiger partial charge on any atom is 0.227 e. The van der Waals surface area contributed by atoms with Crippen LogP contribution in [0.4, 0.5) is 0 Å². The summed E-state index contributed by atoms with van der Waals surface area (Å²) in [5, 5.41) is 1.35. The van der Waals surface area contributed by atoms with E-state index in [1.165, 1.54) is 0 Å². The predicted molar refractivity (Wildman–Crippen MR) is 83.1 cm³/mol. The summed E-state index contributed by atoms with van der Waals surface area (Å²) < 4.78 is 0. The zero-order chi connectivity index (χ0) is 14.5. The number of carbonyl (C=O) groups excluding carboxylic acids is 1. The minimum absolute atomic E-state index is 0.0484. The van der Waals surface area contributed by atoms with E-state index in [1.54, 1.807) is 24.1 Å². The Labute approximate surface area is 128 Å². The van der Waals surface area contributed by atoms with Crippen LogP contribution in [0.2, 0.25) is 10.0 Å². The molecular formula is C16H15Cl2NO. The fourth-order valence-electron chi connectivity index (χ4n) is 1.88. The smallest absolute Gasteiger partial charge is 0.227 e. The lowest BCUT2D eigenvalue weighted by molar-refractivity contribution is -0.129. The van der Waals surface area contributed by atoms with E-state index in [4.69, 9.17) is 23.2 Å². The van der Waals surface area contributed by atoms with Gasteiger partial charge in [-0.1, -0.05) is 53.5 Å². The van der Waals surface area contributed by atoms with Gasteiger partial charge in [-0.3, -0.25) is 4.79 Å². The summed E-state index contributed by atoms with van der Waals surface area (Å²) in [5.74, 6) is 0.0484. The number of hydrogen-bond acceptors (Lipinski definition) is 1. The fourth-order valence-corrected chi connectivity index (χ4v) is 2.20. The fraction of sp³-hybridized carbons (Fsp3) is 0.188. The van der Waals surface area contributed by atoms with Crippen LogP contribution >= 0.6 is 23.2 Å². The van der Waals surface area contributed by atoms with E-state index < -0.39 is 0 Å². The Bertz CT molecular complexity index is 596. The number of rotatable bonds is 4. The van der Waals surface area contributed by atoms with Gasteiger partial charge in [0.15, 0.2) is 0 Å². The van der Waals surface area contributed by atoms with Gasteiger partial charge in [-0.2, -0.15) is 0 Å². The molecule has 0 aromatic heterocycles. The van der Waals surface area contributed by atoms with Gasteiger partial charge in [0, 0.05) is 23.6 Å². The van der Waals surface area contributed by atoms with Gasteiger partial charge in [0.05, 0.1) is 6.42 Å². The molecule has 1 amide bonds. The topological polar surface area (TPSA) is 20.3 Å². The lowest BCUT2D eigenvalue weighted by Gasteiger charge is -2.18. The third-order valence-corrected chi connectivity index (χ3v) is 3.68. The van der Waals surface area contributed by atoms with Crippen molar-refractivity contribution in [3.63, 3.8) is 0 Å². The Kier molecular flexibility index (Phi) is 5.05. The molecule has 2 rings (SSSR count). The average Bonchev–Trinajstić information content (AvgIpc) is 2.44. The second kappa shape index (κ2) is 6.78. The summed E-state index contributed by atoms with van der Waals surface area (Å²) in [6.07, 6.45) is 0.359. The van der Waals surface area contributed by atoms with E-state index in [9.17, 15) is 4.79 Å². The summed E-state index contributed by atoms with van der Waals surface area (Å²) >= 11 is 11.9. The van der Waals surface area contributed by atoms with Crippen LogP contribution in [0.15, 0.2) is 48.5 Å². The molecule has 0 atom stereocenters. The first-order valence-corrected chi connectivity index (χ1v) is 7.03. The van der Waals surface area contributed by atoms with Gasteiger partial charge in [0.2, 0.25) is 5.91 Å². The lowest BCUT2D eigenvalue weighted by atomic mass is 10.1. The van der Waals surface area contributed by atoms with Crippen LogP contribution in [0.3, 0.4) is 0 Å².